The van der Waals surface area contributed by atoms with E-state index in [4.69, 9.17) is 5.41 Å². The molecule has 5 rings (SSSR count). The number of nitrogens with zero attached hydrogens (tertiary/aromatic N) is 3. The molecule has 2 N–H and O–H groups in total. The molecule has 3 fully saturated rings. The van der Waals surface area contributed by atoms with Crippen LogP contribution < -0.4 is 5.32 Å². The number of carbonyl (C=O) groups is 2. The molecule has 1 unspecified atom stereocenters. The third kappa shape index (κ3) is 4.05. The second-order valence-corrected chi connectivity index (χ2v) is 10.3. The molecule has 0 spiro atoms. The van der Waals surface area contributed by atoms with E-state index in [9.17, 15) is 9.59 Å². The largest absolute Gasteiger partial charge is 0.343 e. The van der Waals surface area contributed by atoms with Gasteiger partial charge in [-0.1, -0.05) is 18.2 Å². The van der Waals surface area contributed by atoms with Gasteiger partial charge in [-0.25, -0.2) is 0 Å². The Kier molecular flexibility index (Phi) is 5.72. The lowest BCUT2D eigenvalue weighted by Gasteiger charge is -2.33. The molecule has 172 valence electrons. The molecule has 2 aromatic rings. The van der Waals surface area contributed by atoms with Crippen molar-refractivity contribution in [1.29, 1.82) is 5.41 Å². The van der Waals surface area contributed by atoms with E-state index in [1.54, 1.807) is 18.0 Å². The quantitative estimate of drug-likeness (QED) is 0.642. The molecule has 8 heteroatoms. The van der Waals surface area contributed by atoms with E-state index in [-0.39, 0.29) is 23.7 Å². The molecule has 7 nitrogen and oxygen atoms in total. The van der Waals surface area contributed by atoms with Crippen molar-refractivity contribution in [3.8, 4) is 11.1 Å². The SMILES string of the molecule is CC(=O)N1CCC(CN2C(=N)NC(c3cccc(-c4cncc(Br)c4)c3)(C3CC3)C2=O)CC1. The summed E-state index contributed by atoms with van der Waals surface area (Å²) in [4.78, 5) is 33.3. The fourth-order valence-electron chi connectivity index (χ4n) is 5.22. The first-order chi connectivity index (χ1) is 15.9. The van der Waals surface area contributed by atoms with Gasteiger partial charge in [0.25, 0.3) is 5.91 Å². The van der Waals surface area contributed by atoms with Gasteiger partial charge in [0, 0.05) is 49.0 Å². The zero-order valence-electron chi connectivity index (χ0n) is 18.7. The summed E-state index contributed by atoms with van der Waals surface area (Å²) in [5, 5.41) is 12.0. The summed E-state index contributed by atoms with van der Waals surface area (Å²) in [5.41, 5.74) is 2.00. The molecule has 2 amide bonds. The van der Waals surface area contributed by atoms with Crippen LogP contribution in [0.2, 0.25) is 0 Å². The molecule has 1 aromatic heterocycles. The smallest absolute Gasteiger partial charge is 0.260 e. The Morgan fingerprint density at radius 1 is 1.18 bits per heavy atom. The molecule has 1 saturated carbocycles. The maximum Gasteiger partial charge on any atom is 0.260 e. The summed E-state index contributed by atoms with van der Waals surface area (Å²) >= 11 is 3.49. The van der Waals surface area contributed by atoms with E-state index in [2.05, 4.69) is 32.3 Å². The molecule has 33 heavy (non-hydrogen) atoms. The lowest BCUT2D eigenvalue weighted by molar-refractivity contribution is -0.134. The van der Waals surface area contributed by atoms with Crippen molar-refractivity contribution >= 4 is 33.7 Å². The Balaban J connectivity index is 1.41. The van der Waals surface area contributed by atoms with Gasteiger partial charge < -0.3 is 10.2 Å². The van der Waals surface area contributed by atoms with Crippen LogP contribution in [-0.2, 0) is 15.1 Å². The van der Waals surface area contributed by atoms with Crippen molar-refractivity contribution in [1.82, 2.24) is 20.1 Å². The molecule has 0 bridgehead atoms. The number of benzene rings is 1. The Hall–Kier alpha value is -2.74. The lowest BCUT2D eigenvalue weighted by atomic mass is 9.83. The topological polar surface area (TPSA) is 89.4 Å². The van der Waals surface area contributed by atoms with Gasteiger partial charge in [-0.2, -0.15) is 0 Å². The second-order valence-electron chi connectivity index (χ2n) is 9.39. The van der Waals surface area contributed by atoms with E-state index < -0.39 is 5.54 Å². The van der Waals surface area contributed by atoms with E-state index in [1.807, 2.05) is 35.4 Å². The average Bonchev–Trinajstić information content (AvgIpc) is 3.63. The molecule has 0 radical (unpaired) electrons. The number of hydrogen-bond acceptors (Lipinski definition) is 4. The highest BCUT2D eigenvalue weighted by Gasteiger charge is 2.59. The number of rotatable bonds is 5. The maximum absolute atomic E-state index is 13.9. The van der Waals surface area contributed by atoms with Crippen molar-refractivity contribution in [3.63, 3.8) is 0 Å². The summed E-state index contributed by atoms with van der Waals surface area (Å²) in [6, 6.07) is 10.1. The Morgan fingerprint density at radius 3 is 2.61 bits per heavy atom. The summed E-state index contributed by atoms with van der Waals surface area (Å²) in [6.45, 7) is 3.57. The van der Waals surface area contributed by atoms with Gasteiger partial charge in [-0.05, 0) is 76.7 Å². The van der Waals surface area contributed by atoms with Gasteiger partial charge in [0.2, 0.25) is 5.91 Å². The second kappa shape index (κ2) is 8.56. The number of guanidine groups is 1. The first-order valence-electron chi connectivity index (χ1n) is 11.5. The van der Waals surface area contributed by atoms with Crippen molar-refractivity contribution in [3.05, 3.63) is 52.8 Å². The predicted molar refractivity (Wildman–Crippen MR) is 129 cm³/mol. The minimum Gasteiger partial charge on any atom is -0.343 e. The van der Waals surface area contributed by atoms with Gasteiger partial charge in [-0.15, -0.1) is 0 Å². The van der Waals surface area contributed by atoms with E-state index in [0.717, 1.165) is 59.9 Å². The van der Waals surface area contributed by atoms with Crippen LogP contribution in [0.5, 0.6) is 0 Å². The highest BCUT2D eigenvalue weighted by molar-refractivity contribution is 9.10. The van der Waals surface area contributed by atoms with Gasteiger partial charge in [-0.3, -0.25) is 24.9 Å². The number of halogens is 1. The van der Waals surface area contributed by atoms with Crippen LogP contribution in [0.3, 0.4) is 0 Å². The average molecular weight is 510 g/mol. The van der Waals surface area contributed by atoms with Gasteiger partial charge >= 0.3 is 0 Å². The molecule has 2 aliphatic heterocycles. The van der Waals surface area contributed by atoms with Crippen LogP contribution in [0.1, 0.15) is 38.2 Å². The van der Waals surface area contributed by atoms with Crippen LogP contribution in [-0.4, -0.2) is 52.2 Å². The molecule has 3 heterocycles. The van der Waals surface area contributed by atoms with Crippen molar-refractivity contribution < 1.29 is 9.59 Å². The van der Waals surface area contributed by atoms with Gasteiger partial charge in [0.05, 0.1) is 0 Å². The standard InChI is InChI=1S/C25H28BrN5O2/c1-16(32)30-9-7-17(8-10-30)15-31-23(33)25(20-5-6-20,29-24(31)27)21-4-2-3-18(11-21)19-12-22(26)14-28-13-19/h2-4,11-14,17,20H,5-10,15H2,1H3,(H2,27,29). The number of nitrogens with one attached hydrogen (secondary N) is 2. The minimum absolute atomic E-state index is 0.0199. The Labute approximate surface area is 202 Å². The Bertz CT molecular complexity index is 1110. The highest BCUT2D eigenvalue weighted by atomic mass is 79.9. The number of pyridine rings is 1. The molecule has 3 aliphatic rings. The summed E-state index contributed by atoms with van der Waals surface area (Å²) in [6.07, 6.45) is 7.23. The summed E-state index contributed by atoms with van der Waals surface area (Å²) in [5.74, 6) is 0.754. The monoisotopic (exact) mass is 509 g/mol. The minimum atomic E-state index is -0.882. The molecule has 2 saturated heterocycles. The molecular formula is C25H28BrN5O2. The van der Waals surface area contributed by atoms with Gasteiger partial charge in [0.1, 0.15) is 5.54 Å². The van der Waals surface area contributed by atoms with Crippen molar-refractivity contribution in [2.45, 2.75) is 38.1 Å². The number of carbonyl (C=O) groups excluding carboxylic acids is 2. The zero-order valence-corrected chi connectivity index (χ0v) is 20.3. The number of aromatic nitrogens is 1. The first kappa shape index (κ1) is 22.1. The molecule has 1 aliphatic carbocycles. The number of amides is 2. The lowest BCUT2D eigenvalue weighted by Crippen LogP contribution is -2.47. The van der Waals surface area contributed by atoms with Crippen LogP contribution >= 0.6 is 15.9 Å². The Morgan fingerprint density at radius 2 is 1.94 bits per heavy atom. The maximum atomic E-state index is 13.9. The van der Waals surface area contributed by atoms with Crippen LogP contribution in [0.15, 0.2) is 47.2 Å². The molecular weight excluding hydrogens is 482 g/mol. The fraction of sp³-hybridized carbons (Fsp3) is 0.440. The third-order valence-corrected chi connectivity index (χ3v) is 7.65. The van der Waals surface area contributed by atoms with Crippen LogP contribution in [0, 0.1) is 17.2 Å². The van der Waals surface area contributed by atoms with E-state index >= 15 is 0 Å². The number of hydrogen-bond donors (Lipinski definition) is 2. The fourth-order valence-corrected chi connectivity index (χ4v) is 5.59. The zero-order chi connectivity index (χ0) is 23.2. The van der Waals surface area contributed by atoms with Crippen LogP contribution in [0.25, 0.3) is 11.1 Å². The van der Waals surface area contributed by atoms with Crippen molar-refractivity contribution in [2.24, 2.45) is 11.8 Å². The molecule has 1 aromatic carbocycles. The third-order valence-electron chi connectivity index (χ3n) is 7.21. The summed E-state index contributed by atoms with van der Waals surface area (Å²) < 4.78 is 0.904. The van der Waals surface area contributed by atoms with Crippen molar-refractivity contribution in [2.75, 3.05) is 19.6 Å². The number of likely N-dealkylation sites (tertiary alicyclic amines) is 1. The van der Waals surface area contributed by atoms with Gasteiger partial charge in [0.15, 0.2) is 5.96 Å². The summed E-state index contributed by atoms with van der Waals surface area (Å²) in [7, 11) is 0. The first-order valence-corrected chi connectivity index (χ1v) is 12.3. The predicted octanol–water partition coefficient (Wildman–Crippen LogP) is 3.74. The van der Waals surface area contributed by atoms with E-state index in [0.29, 0.717) is 12.5 Å². The van der Waals surface area contributed by atoms with Crippen LogP contribution in [0.4, 0.5) is 0 Å². The van der Waals surface area contributed by atoms with E-state index in [1.165, 1.54) is 0 Å². The molecule has 1 atom stereocenters. The normalized spacial score (nSPS) is 23.7. The highest BCUT2D eigenvalue weighted by Crippen LogP contribution is 2.49. The number of piperidine rings is 1.